The number of benzene rings is 1. The molecule has 118 valence electrons. The first-order valence-corrected chi connectivity index (χ1v) is 7.38. The van der Waals surface area contributed by atoms with Gasteiger partial charge in [0, 0.05) is 5.56 Å². The molecule has 0 spiro atoms. The molecule has 23 heavy (non-hydrogen) atoms. The zero-order valence-corrected chi connectivity index (χ0v) is 12.7. The summed E-state index contributed by atoms with van der Waals surface area (Å²) in [6.07, 6.45) is 1.85. The minimum absolute atomic E-state index is 0.171. The molecular formula is C16H16N4O3. The third-order valence-electron chi connectivity index (χ3n) is 4.05. The van der Waals surface area contributed by atoms with E-state index in [2.05, 4.69) is 21.1 Å². The van der Waals surface area contributed by atoms with Crippen molar-refractivity contribution in [2.24, 2.45) is 5.92 Å². The summed E-state index contributed by atoms with van der Waals surface area (Å²) in [5, 5.41) is 15.7. The SMILES string of the molecule is CC(C#N)(NC(=O)Cn1c(-c2ccccc2)noc1=O)C1CC1. The van der Waals surface area contributed by atoms with Gasteiger partial charge in [-0.15, -0.1) is 0 Å². The van der Waals surface area contributed by atoms with Crippen molar-refractivity contribution in [1.82, 2.24) is 15.0 Å². The summed E-state index contributed by atoms with van der Waals surface area (Å²) in [6.45, 7) is 1.47. The van der Waals surface area contributed by atoms with Gasteiger partial charge in [-0.3, -0.25) is 9.32 Å². The van der Waals surface area contributed by atoms with Crippen LogP contribution in [0, 0.1) is 17.2 Å². The first-order valence-electron chi connectivity index (χ1n) is 7.38. The lowest BCUT2D eigenvalue weighted by molar-refractivity contribution is -0.123. The second-order valence-corrected chi connectivity index (χ2v) is 5.86. The van der Waals surface area contributed by atoms with E-state index in [0.717, 1.165) is 17.4 Å². The van der Waals surface area contributed by atoms with E-state index in [1.807, 2.05) is 6.07 Å². The molecule has 0 bridgehead atoms. The predicted molar refractivity (Wildman–Crippen MR) is 81.1 cm³/mol. The van der Waals surface area contributed by atoms with Crippen molar-refractivity contribution < 1.29 is 9.32 Å². The van der Waals surface area contributed by atoms with Crippen LogP contribution >= 0.6 is 0 Å². The molecule has 1 aliphatic carbocycles. The number of amides is 1. The highest BCUT2D eigenvalue weighted by Gasteiger charge is 2.43. The number of hydrogen-bond acceptors (Lipinski definition) is 5. The molecule has 1 aromatic carbocycles. The van der Waals surface area contributed by atoms with E-state index in [0.29, 0.717) is 5.56 Å². The smallest absolute Gasteiger partial charge is 0.336 e. The number of carbonyl (C=O) groups excluding carboxylic acids is 1. The van der Waals surface area contributed by atoms with Crippen LogP contribution in [-0.2, 0) is 11.3 Å². The Kier molecular flexibility index (Phi) is 3.74. The first-order chi connectivity index (χ1) is 11.0. The van der Waals surface area contributed by atoms with Crippen molar-refractivity contribution >= 4 is 5.91 Å². The molecule has 1 unspecified atom stereocenters. The van der Waals surface area contributed by atoms with Crippen LogP contribution in [0.25, 0.3) is 11.4 Å². The van der Waals surface area contributed by atoms with E-state index in [1.54, 1.807) is 31.2 Å². The lowest BCUT2D eigenvalue weighted by atomic mass is 9.98. The standard InChI is InChI=1S/C16H16N4O3/c1-16(10-17,12-7-8-12)18-13(21)9-20-14(19-23-15(20)22)11-5-3-2-4-6-11/h2-6,12H,7-9H2,1H3,(H,18,21). The minimum atomic E-state index is -0.898. The summed E-state index contributed by atoms with van der Waals surface area (Å²) in [7, 11) is 0. The summed E-state index contributed by atoms with van der Waals surface area (Å²) in [5.41, 5.74) is -0.221. The summed E-state index contributed by atoms with van der Waals surface area (Å²) < 4.78 is 5.84. The Morgan fingerprint density at radius 1 is 1.48 bits per heavy atom. The van der Waals surface area contributed by atoms with E-state index < -0.39 is 17.2 Å². The average Bonchev–Trinajstić information content (AvgIpc) is 3.35. The molecule has 0 radical (unpaired) electrons. The molecule has 1 aliphatic rings. The molecule has 1 atom stereocenters. The molecule has 1 heterocycles. The van der Waals surface area contributed by atoms with Crippen LogP contribution < -0.4 is 11.1 Å². The van der Waals surface area contributed by atoms with Gasteiger partial charge in [-0.1, -0.05) is 35.5 Å². The Bertz CT molecular complexity index is 814. The third-order valence-corrected chi connectivity index (χ3v) is 4.05. The lowest BCUT2D eigenvalue weighted by Gasteiger charge is -2.22. The van der Waals surface area contributed by atoms with Crippen LogP contribution in [0.3, 0.4) is 0 Å². The predicted octanol–water partition coefficient (Wildman–Crippen LogP) is 1.31. The molecule has 3 rings (SSSR count). The van der Waals surface area contributed by atoms with Crippen LogP contribution in [0.2, 0.25) is 0 Å². The van der Waals surface area contributed by atoms with E-state index in [9.17, 15) is 14.9 Å². The van der Waals surface area contributed by atoms with Crippen molar-refractivity contribution in [1.29, 1.82) is 5.26 Å². The van der Waals surface area contributed by atoms with Gasteiger partial charge >= 0.3 is 5.76 Å². The second-order valence-electron chi connectivity index (χ2n) is 5.86. The minimum Gasteiger partial charge on any atom is -0.336 e. The molecule has 1 amide bonds. The molecular weight excluding hydrogens is 296 g/mol. The number of nitrogens with zero attached hydrogens (tertiary/aromatic N) is 3. The van der Waals surface area contributed by atoms with Gasteiger partial charge in [0.2, 0.25) is 5.91 Å². The fraction of sp³-hybridized carbons (Fsp3) is 0.375. The summed E-state index contributed by atoms with van der Waals surface area (Å²) in [6, 6.07) is 11.1. The zero-order chi connectivity index (χ0) is 16.4. The fourth-order valence-electron chi connectivity index (χ4n) is 2.56. The Labute approximate surface area is 132 Å². The monoisotopic (exact) mass is 312 g/mol. The topological polar surface area (TPSA) is 101 Å². The van der Waals surface area contributed by atoms with E-state index in [-0.39, 0.29) is 18.3 Å². The average molecular weight is 312 g/mol. The van der Waals surface area contributed by atoms with Crippen LogP contribution in [0.15, 0.2) is 39.6 Å². The van der Waals surface area contributed by atoms with Gasteiger partial charge in [0.1, 0.15) is 12.1 Å². The van der Waals surface area contributed by atoms with Gasteiger partial charge < -0.3 is 5.32 Å². The Morgan fingerprint density at radius 2 is 2.17 bits per heavy atom. The van der Waals surface area contributed by atoms with Crippen LogP contribution in [-0.4, -0.2) is 21.2 Å². The maximum absolute atomic E-state index is 12.3. The van der Waals surface area contributed by atoms with Crippen molar-refractivity contribution in [3.05, 3.63) is 40.9 Å². The van der Waals surface area contributed by atoms with Gasteiger partial charge in [-0.2, -0.15) is 5.26 Å². The van der Waals surface area contributed by atoms with Crippen molar-refractivity contribution in [2.75, 3.05) is 0 Å². The van der Waals surface area contributed by atoms with E-state index in [4.69, 9.17) is 0 Å². The fourth-order valence-corrected chi connectivity index (χ4v) is 2.56. The molecule has 1 fully saturated rings. The molecule has 1 aromatic heterocycles. The number of nitrogens with one attached hydrogen (secondary N) is 1. The molecule has 1 saturated carbocycles. The Hall–Kier alpha value is -2.88. The first kappa shape index (κ1) is 15.0. The lowest BCUT2D eigenvalue weighted by Crippen LogP contribution is -2.48. The molecule has 2 aromatic rings. The summed E-state index contributed by atoms with van der Waals surface area (Å²) in [4.78, 5) is 24.1. The largest absolute Gasteiger partial charge is 0.442 e. The van der Waals surface area contributed by atoms with Crippen molar-refractivity contribution in [3.63, 3.8) is 0 Å². The van der Waals surface area contributed by atoms with Crippen molar-refractivity contribution in [2.45, 2.75) is 31.8 Å². The van der Waals surface area contributed by atoms with E-state index >= 15 is 0 Å². The van der Waals surface area contributed by atoms with Gasteiger partial charge in [0.05, 0.1) is 6.07 Å². The molecule has 0 aliphatic heterocycles. The number of hydrogen-bond donors (Lipinski definition) is 1. The Balaban J connectivity index is 1.81. The van der Waals surface area contributed by atoms with E-state index in [1.165, 1.54) is 0 Å². The van der Waals surface area contributed by atoms with Crippen LogP contribution in [0.4, 0.5) is 0 Å². The Morgan fingerprint density at radius 3 is 2.78 bits per heavy atom. The maximum atomic E-state index is 12.3. The zero-order valence-electron chi connectivity index (χ0n) is 12.7. The van der Waals surface area contributed by atoms with Gasteiger partial charge in [-0.25, -0.2) is 9.36 Å². The van der Waals surface area contributed by atoms with Crippen LogP contribution in [0.1, 0.15) is 19.8 Å². The number of carbonyl (C=O) groups is 1. The molecule has 7 nitrogen and oxygen atoms in total. The molecule has 0 saturated heterocycles. The molecule has 1 N–H and O–H groups in total. The molecule has 7 heteroatoms. The quantitative estimate of drug-likeness (QED) is 0.897. The summed E-state index contributed by atoms with van der Waals surface area (Å²) >= 11 is 0. The normalized spacial score (nSPS) is 16.3. The second kappa shape index (κ2) is 5.72. The number of nitriles is 1. The number of aromatic nitrogens is 2. The maximum Gasteiger partial charge on any atom is 0.442 e. The number of rotatable bonds is 5. The van der Waals surface area contributed by atoms with Gasteiger partial charge in [0.15, 0.2) is 5.82 Å². The van der Waals surface area contributed by atoms with Gasteiger partial charge in [-0.05, 0) is 25.7 Å². The van der Waals surface area contributed by atoms with Crippen LogP contribution in [0.5, 0.6) is 0 Å². The highest BCUT2D eigenvalue weighted by Crippen LogP contribution is 2.39. The van der Waals surface area contributed by atoms with Gasteiger partial charge in [0.25, 0.3) is 0 Å². The highest BCUT2D eigenvalue weighted by molar-refractivity contribution is 5.77. The van der Waals surface area contributed by atoms with Crippen molar-refractivity contribution in [3.8, 4) is 17.5 Å². The highest BCUT2D eigenvalue weighted by atomic mass is 16.5. The summed E-state index contributed by atoms with van der Waals surface area (Å²) in [5.74, 6) is -0.660. The third kappa shape index (κ3) is 3.01.